The van der Waals surface area contributed by atoms with E-state index in [-0.39, 0.29) is 18.4 Å². The van der Waals surface area contributed by atoms with Gasteiger partial charge in [0.05, 0.1) is 23.9 Å². The van der Waals surface area contributed by atoms with Crippen molar-refractivity contribution >= 4 is 34.8 Å². The summed E-state index contributed by atoms with van der Waals surface area (Å²) in [6.07, 6.45) is 1.88. The van der Waals surface area contributed by atoms with E-state index in [0.717, 1.165) is 5.69 Å². The van der Waals surface area contributed by atoms with Gasteiger partial charge in [-0.3, -0.25) is 9.59 Å². The standard InChI is InChI=1S/C17H22ClN3O3/c1-3-4-9-24-12(2)17(23)20-13-5-6-15(14(18)10-13)21-8-7-19-16(22)11-21/h3,5-6,10,12H,1,4,7-9,11H2,2H3,(H,19,22)(H,20,23). The van der Waals surface area contributed by atoms with E-state index in [9.17, 15) is 9.59 Å². The SMILES string of the molecule is C=CCCOC(C)C(=O)Nc1ccc(N2CCNC(=O)C2)c(Cl)c1. The van der Waals surface area contributed by atoms with Crippen LogP contribution in [0.25, 0.3) is 0 Å². The summed E-state index contributed by atoms with van der Waals surface area (Å²) in [5.74, 6) is -0.263. The van der Waals surface area contributed by atoms with E-state index in [0.29, 0.717) is 36.8 Å². The van der Waals surface area contributed by atoms with Gasteiger partial charge in [-0.2, -0.15) is 0 Å². The van der Waals surface area contributed by atoms with Crippen LogP contribution >= 0.6 is 11.6 Å². The molecule has 7 heteroatoms. The first kappa shape index (κ1) is 18.3. The number of benzene rings is 1. The Hall–Kier alpha value is -2.05. The fourth-order valence-electron chi connectivity index (χ4n) is 2.33. The molecule has 1 aliphatic rings. The Balaban J connectivity index is 1.97. The fourth-order valence-corrected chi connectivity index (χ4v) is 2.63. The third kappa shape index (κ3) is 4.97. The largest absolute Gasteiger partial charge is 0.368 e. The number of carbonyl (C=O) groups excluding carboxylic acids is 2. The molecule has 1 heterocycles. The van der Waals surface area contributed by atoms with Crippen molar-refractivity contribution in [1.29, 1.82) is 0 Å². The van der Waals surface area contributed by atoms with E-state index < -0.39 is 6.10 Å². The van der Waals surface area contributed by atoms with Crippen LogP contribution < -0.4 is 15.5 Å². The summed E-state index contributed by atoms with van der Waals surface area (Å²) in [6.45, 7) is 7.32. The first-order valence-electron chi connectivity index (χ1n) is 7.86. The Morgan fingerprint density at radius 3 is 3.04 bits per heavy atom. The number of ether oxygens (including phenoxy) is 1. The number of anilines is 2. The molecule has 0 aromatic heterocycles. The van der Waals surface area contributed by atoms with Crippen LogP contribution in [0.1, 0.15) is 13.3 Å². The summed E-state index contributed by atoms with van der Waals surface area (Å²) in [7, 11) is 0. The second-order valence-electron chi connectivity index (χ2n) is 5.52. The summed E-state index contributed by atoms with van der Waals surface area (Å²) in [6, 6.07) is 5.25. The molecule has 0 bridgehead atoms. The second kappa shape index (κ2) is 8.70. The molecule has 2 N–H and O–H groups in total. The van der Waals surface area contributed by atoms with Crippen molar-refractivity contribution in [2.45, 2.75) is 19.4 Å². The minimum Gasteiger partial charge on any atom is -0.368 e. The predicted octanol–water partition coefficient (Wildman–Crippen LogP) is 2.20. The lowest BCUT2D eigenvalue weighted by Gasteiger charge is -2.29. The zero-order chi connectivity index (χ0) is 17.5. The van der Waals surface area contributed by atoms with Gasteiger partial charge in [-0.1, -0.05) is 17.7 Å². The lowest BCUT2D eigenvalue weighted by molar-refractivity contribution is -0.126. The zero-order valence-electron chi connectivity index (χ0n) is 13.7. The minimum absolute atomic E-state index is 0.0276. The van der Waals surface area contributed by atoms with Gasteiger partial charge in [0.15, 0.2) is 0 Å². The number of piperazine rings is 1. The second-order valence-corrected chi connectivity index (χ2v) is 5.92. The molecular weight excluding hydrogens is 330 g/mol. The van der Waals surface area contributed by atoms with E-state index in [4.69, 9.17) is 16.3 Å². The van der Waals surface area contributed by atoms with E-state index in [1.807, 2.05) is 4.90 Å². The molecule has 1 atom stereocenters. The molecule has 0 aliphatic carbocycles. The number of hydrogen-bond donors (Lipinski definition) is 2. The van der Waals surface area contributed by atoms with Crippen LogP contribution in [0.3, 0.4) is 0 Å². The maximum absolute atomic E-state index is 12.1. The van der Waals surface area contributed by atoms with Gasteiger partial charge in [0, 0.05) is 18.8 Å². The molecule has 6 nitrogen and oxygen atoms in total. The third-order valence-corrected chi connectivity index (χ3v) is 3.96. The van der Waals surface area contributed by atoms with Crippen LogP contribution in [-0.2, 0) is 14.3 Å². The van der Waals surface area contributed by atoms with Crippen LogP contribution in [0.2, 0.25) is 5.02 Å². The number of rotatable bonds is 7. The summed E-state index contributed by atoms with van der Waals surface area (Å²) >= 11 is 6.31. The Morgan fingerprint density at radius 2 is 2.38 bits per heavy atom. The predicted molar refractivity (Wildman–Crippen MR) is 95.5 cm³/mol. The third-order valence-electron chi connectivity index (χ3n) is 3.65. The number of carbonyl (C=O) groups is 2. The van der Waals surface area contributed by atoms with Crippen molar-refractivity contribution < 1.29 is 14.3 Å². The van der Waals surface area contributed by atoms with Crippen LogP contribution in [0.15, 0.2) is 30.9 Å². The van der Waals surface area contributed by atoms with E-state index in [2.05, 4.69) is 17.2 Å². The summed E-state index contributed by atoms with van der Waals surface area (Å²) in [5, 5.41) is 6.04. The van der Waals surface area contributed by atoms with Crippen molar-refractivity contribution in [2.24, 2.45) is 0 Å². The molecule has 1 aromatic carbocycles. The monoisotopic (exact) mass is 351 g/mol. The first-order valence-corrected chi connectivity index (χ1v) is 8.23. The first-order chi connectivity index (χ1) is 11.5. The average Bonchev–Trinajstić information content (AvgIpc) is 2.55. The highest BCUT2D eigenvalue weighted by molar-refractivity contribution is 6.33. The highest BCUT2D eigenvalue weighted by Crippen LogP contribution is 2.29. The molecule has 1 saturated heterocycles. The Bertz CT molecular complexity index is 621. The van der Waals surface area contributed by atoms with Crippen LogP contribution in [0, 0.1) is 0 Å². The lowest BCUT2D eigenvalue weighted by atomic mass is 10.2. The molecule has 1 aliphatic heterocycles. The Morgan fingerprint density at radius 1 is 1.58 bits per heavy atom. The topological polar surface area (TPSA) is 70.7 Å². The fraction of sp³-hybridized carbons (Fsp3) is 0.412. The smallest absolute Gasteiger partial charge is 0.253 e. The minimum atomic E-state index is -0.561. The van der Waals surface area contributed by atoms with Crippen LogP contribution in [-0.4, -0.2) is 44.2 Å². The van der Waals surface area contributed by atoms with Gasteiger partial charge in [0.25, 0.3) is 5.91 Å². The highest BCUT2D eigenvalue weighted by Gasteiger charge is 2.19. The van der Waals surface area contributed by atoms with Crippen molar-refractivity contribution in [2.75, 3.05) is 36.5 Å². The van der Waals surface area contributed by atoms with Gasteiger partial charge >= 0.3 is 0 Å². The molecule has 0 spiro atoms. The van der Waals surface area contributed by atoms with Crippen LogP contribution in [0.5, 0.6) is 0 Å². The molecule has 0 radical (unpaired) electrons. The highest BCUT2D eigenvalue weighted by atomic mass is 35.5. The van der Waals surface area contributed by atoms with Crippen LogP contribution in [0.4, 0.5) is 11.4 Å². The van der Waals surface area contributed by atoms with Gasteiger partial charge in [0.1, 0.15) is 6.10 Å². The summed E-state index contributed by atoms with van der Waals surface area (Å²) in [4.78, 5) is 25.5. The molecular formula is C17H22ClN3O3. The molecule has 1 aromatic rings. The number of hydrogen-bond acceptors (Lipinski definition) is 4. The van der Waals surface area contributed by atoms with Crippen molar-refractivity contribution in [1.82, 2.24) is 5.32 Å². The zero-order valence-corrected chi connectivity index (χ0v) is 14.4. The van der Waals surface area contributed by atoms with Gasteiger partial charge in [0.2, 0.25) is 5.91 Å². The van der Waals surface area contributed by atoms with Crippen molar-refractivity contribution in [3.05, 3.63) is 35.9 Å². The van der Waals surface area contributed by atoms with Gasteiger partial charge < -0.3 is 20.3 Å². The van der Waals surface area contributed by atoms with E-state index >= 15 is 0 Å². The number of amides is 2. The van der Waals surface area contributed by atoms with Gasteiger partial charge in [-0.25, -0.2) is 0 Å². The molecule has 1 fully saturated rings. The van der Waals surface area contributed by atoms with E-state index in [1.54, 1.807) is 31.2 Å². The lowest BCUT2D eigenvalue weighted by Crippen LogP contribution is -2.47. The molecule has 130 valence electrons. The Kier molecular flexibility index (Phi) is 6.63. The van der Waals surface area contributed by atoms with Gasteiger partial charge in [-0.05, 0) is 31.5 Å². The Labute approximate surface area is 146 Å². The molecule has 2 amide bonds. The summed E-state index contributed by atoms with van der Waals surface area (Å²) in [5.41, 5.74) is 1.37. The van der Waals surface area contributed by atoms with Crippen molar-refractivity contribution in [3.8, 4) is 0 Å². The normalized spacial score (nSPS) is 15.6. The number of halogens is 1. The molecule has 0 saturated carbocycles. The molecule has 24 heavy (non-hydrogen) atoms. The maximum Gasteiger partial charge on any atom is 0.253 e. The summed E-state index contributed by atoms with van der Waals surface area (Å²) < 4.78 is 5.41. The average molecular weight is 352 g/mol. The maximum atomic E-state index is 12.1. The molecule has 2 rings (SSSR count). The van der Waals surface area contributed by atoms with Gasteiger partial charge in [-0.15, -0.1) is 6.58 Å². The number of nitrogens with one attached hydrogen (secondary N) is 2. The molecule has 1 unspecified atom stereocenters. The number of nitrogens with zero attached hydrogens (tertiary/aromatic N) is 1. The quantitative estimate of drug-likeness (QED) is 0.583. The van der Waals surface area contributed by atoms with Crippen molar-refractivity contribution in [3.63, 3.8) is 0 Å². The van der Waals surface area contributed by atoms with E-state index in [1.165, 1.54) is 0 Å².